The molecule has 2 aliphatic heterocycles. The molecule has 2 fully saturated rings. The van der Waals surface area contributed by atoms with Crippen LogP contribution in [-0.2, 0) is 11.3 Å². The summed E-state index contributed by atoms with van der Waals surface area (Å²) >= 11 is 0. The average Bonchev–Trinajstić information content (AvgIpc) is 2.63. The van der Waals surface area contributed by atoms with Crippen molar-refractivity contribution in [3.63, 3.8) is 0 Å². The molecule has 6 heteroatoms. The van der Waals surface area contributed by atoms with Crippen LogP contribution in [0.3, 0.4) is 0 Å². The van der Waals surface area contributed by atoms with Crippen LogP contribution in [0.2, 0.25) is 0 Å². The van der Waals surface area contributed by atoms with Gasteiger partial charge in [0.05, 0.1) is 18.8 Å². The molecular formula is C19H24N4O2. The number of nitrogens with zero attached hydrogens (tertiary/aromatic N) is 4. The Kier molecular flexibility index (Phi) is 4.90. The van der Waals surface area contributed by atoms with Crippen LogP contribution in [0.1, 0.15) is 12.8 Å². The molecule has 4 heterocycles. The number of hydrogen-bond acceptors (Lipinski definition) is 5. The number of ether oxygens (including phenoxy) is 1. The zero-order chi connectivity index (χ0) is 17.1. The maximum Gasteiger partial charge on any atom is 0.266 e. The van der Waals surface area contributed by atoms with E-state index in [1.807, 2.05) is 12.1 Å². The van der Waals surface area contributed by atoms with Gasteiger partial charge in [-0.15, -0.1) is 0 Å². The zero-order valence-electron chi connectivity index (χ0n) is 14.4. The number of rotatable bonds is 5. The van der Waals surface area contributed by atoms with Crippen LogP contribution >= 0.6 is 0 Å². The Balaban J connectivity index is 1.35. The van der Waals surface area contributed by atoms with Crippen LogP contribution in [0.15, 0.2) is 41.5 Å². The zero-order valence-corrected chi connectivity index (χ0v) is 14.4. The molecular weight excluding hydrogens is 316 g/mol. The van der Waals surface area contributed by atoms with Crippen LogP contribution in [0, 0.1) is 11.8 Å². The third-order valence-corrected chi connectivity index (χ3v) is 5.06. The number of hydrogen-bond donors (Lipinski definition) is 0. The van der Waals surface area contributed by atoms with Gasteiger partial charge in [-0.25, -0.2) is 4.68 Å². The van der Waals surface area contributed by atoms with Gasteiger partial charge in [-0.05, 0) is 37.0 Å². The first-order valence-corrected chi connectivity index (χ1v) is 9.06. The summed E-state index contributed by atoms with van der Waals surface area (Å²) in [5.74, 6) is 1.17. The summed E-state index contributed by atoms with van der Waals surface area (Å²) < 4.78 is 7.16. The molecule has 1 atom stereocenters. The maximum atomic E-state index is 12.1. The normalized spacial score (nSPS) is 21.8. The number of likely N-dealkylation sites (tertiary alicyclic amines) is 1. The van der Waals surface area contributed by atoms with E-state index in [2.05, 4.69) is 15.0 Å². The summed E-state index contributed by atoms with van der Waals surface area (Å²) in [5.41, 5.74) is 1.69. The van der Waals surface area contributed by atoms with Gasteiger partial charge in [0.25, 0.3) is 5.56 Å². The van der Waals surface area contributed by atoms with Crippen LogP contribution < -0.4 is 5.56 Å². The van der Waals surface area contributed by atoms with Gasteiger partial charge in [0.15, 0.2) is 0 Å². The standard InChI is InChI=1S/C19H24N4O2/c24-19-6-5-18(17-4-1-7-20-9-17)21-23(19)13-16-11-22(12-16)10-15-3-2-8-25-14-15/h1,4-7,9,15-16H,2-3,8,10-14H2. The minimum atomic E-state index is -0.0354. The van der Waals surface area contributed by atoms with E-state index in [1.165, 1.54) is 12.8 Å². The largest absolute Gasteiger partial charge is 0.381 e. The molecule has 2 aromatic heterocycles. The second-order valence-electron chi connectivity index (χ2n) is 7.15. The number of pyridine rings is 1. The second-order valence-corrected chi connectivity index (χ2v) is 7.15. The third-order valence-electron chi connectivity index (χ3n) is 5.06. The van der Waals surface area contributed by atoms with Gasteiger partial charge in [0.1, 0.15) is 0 Å². The van der Waals surface area contributed by atoms with Crippen LogP contribution in [0.25, 0.3) is 11.3 Å². The minimum Gasteiger partial charge on any atom is -0.381 e. The molecule has 2 saturated heterocycles. The molecule has 6 nitrogen and oxygen atoms in total. The molecule has 0 radical (unpaired) electrons. The van der Waals surface area contributed by atoms with Gasteiger partial charge < -0.3 is 9.64 Å². The van der Waals surface area contributed by atoms with Gasteiger partial charge in [0, 0.05) is 56.2 Å². The molecule has 0 aromatic carbocycles. The summed E-state index contributed by atoms with van der Waals surface area (Å²) in [6, 6.07) is 7.21. The lowest BCUT2D eigenvalue weighted by molar-refractivity contribution is 0.00795. The first kappa shape index (κ1) is 16.4. The lowest BCUT2D eigenvalue weighted by atomic mass is 9.95. The molecule has 0 saturated carbocycles. The van der Waals surface area contributed by atoms with Gasteiger partial charge in [0.2, 0.25) is 0 Å². The highest BCUT2D eigenvalue weighted by Gasteiger charge is 2.29. The summed E-state index contributed by atoms with van der Waals surface area (Å²) in [4.78, 5) is 18.7. The Labute approximate surface area is 147 Å². The molecule has 4 rings (SSSR count). The van der Waals surface area contributed by atoms with Crippen molar-refractivity contribution in [1.82, 2.24) is 19.7 Å². The van der Waals surface area contributed by atoms with Crippen molar-refractivity contribution in [2.45, 2.75) is 19.4 Å². The molecule has 2 aromatic rings. The molecule has 0 spiro atoms. The highest BCUT2D eigenvalue weighted by molar-refractivity contribution is 5.56. The molecule has 132 valence electrons. The van der Waals surface area contributed by atoms with Gasteiger partial charge in [-0.2, -0.15) is 5.10 Å². The quantitative estimate of drug-likeness (QED) is 0.828. The molecule has 0 aliphatic carbocycles. The number of aromatic nitrogens is 3. The van der Waals surface area contributed by atoms with E-state index in [-0.39, 0.29) is 5.56 Å². The summed E-state index contributed by atoms with van der Waals surface area (Å²) in [7, 11) is 0. The molecule has 25 heavy (non-hydrogen) atoms. The first-order chi connectivity index (χ1) is 12.3. The van der Waals surface area contributed by atoms with Crippen molar-refractivity contribution in [1.29, 1.82) is 0 Å². The van der Waals surface area contributed by atoms with E-state index in [0.29, 0.717) is 18.4 Å². The fourth-order valence-electron chi connectivity index (χ4n) is 3.75. The van der Waals surface area contributed by atoms with E-state index in [9.17, 15) is 4.79 Å². The van der Waals surface area contributed by atoms with Gasteiger partial charge in [-0.1, -0.05) is 0 Å². The van der Waals surface area contributed by atoms with Crippen LogP contribution in [0.5, 0.6) is 0 Å². The molecule has 2 aliphatic rings. The predicted molar refractivity (Wildman–Crippen MR) is 95.2 cm³/mol. The van der Waals surface area contributed by atoms with Crippen molar-refractivity contribution in [3.05, 3.63) is 47.0 Å². The van der Waals surface area contributed by atoms with Gasteiger partial charge >= 0.3 is 0 Å². The molecule has 0 N–H and O–H groups in total. The topological polar surface area (TPSA) is 60.2 Å². The van der Waals surface area contributed by atoms with Gasteiger partial charge in [-0.3, -0.25) is 9.78 Å². The third kappa shape index (κ3) is 3.96. The fourth-order valence-corrected chi connectivity index (χ4v) is 3.75. The Morgan fingerprint density at radius 3 is 2.84 bits per heavy atom. The van der Waals surface area contributed by atoms with Crippen molar-refractivity contribution in [3.8, 4) is 11.3 Å². The smallest absolute Gasteiger partial charge is 0.266 e. The first-order valence-electron chi connectivity index (χ1n) is 9.06. The molecule has 0 bridgehead atoms. The fraction of sp³-hybridized carbons (Fsp3) is 0.526. The van der Waals surface area contributed by atoms with E-state index < -0.39 is 0 Å². The van der Waals surface area contributed by atoms with E-state index in [0.717, 1.165) is 44.1 Å². The SMILES string of the molecule is O=c1ccc(-c2cccnc2)nn1CC1CN(CC2CCCOC2)C1. The minimum absolute atomic E-state index is 0.0354. The highest BCUT2D eigenvalue weighted by Crippen LogP contribution is 2.22. The summed E-state index contributed by atoms with van der Waals surface area (Å²) in [5, 5.41) is 4.53. The van der Waals surface area contributed by atoms with Crippen molar-refractivity contribution in [2.75, 3.05) is 32.8 Å². The van der Waals surface area contributed by atoms with Crippen molar-refractivity contribution in [2.24, 2.45) is 11.8 Å². The van der Waals surface area contributed by atoms with Crippen molar-refractivity contribution < 1.29 is 4.74 Å². The average molecular weight is 340 g/mol. The lowest BCUT2D eigenvalue weighted by Crippen LogP contribution is -2.51. The summed E-state index contributed by atoms with van der Waals surface area (Å²) in [6.07, 6.45) is 5.96. The monoisotopic (exact) mass is 340 g/mol. The maximum absolute atomic E-state index is 12.1. The van der Waals surface area contributed by atoms with Crippen LogP contribution in [-0.4, -0.2) is 52.5 Å². The Morgan fingerprint density at radius 1 is 1.16 bits per heavy atom. The lowest BCUT2D eigenvalue weighted by Gasteiger charge is -2.41. The highest BCUT2D eigenvalue weighted by atomic mass is 16.5. The Morgan fingerprint density at radius 2 is 2.08 bits per heavy atom. The molecule has 1 unspecified atom stereocenters. The Bertz CT molecular complexity index is 750. The Hall–Kier alpha value is -2.05. The van der Waals surface area contributed by atoms with E-state index in [4.69, 9.17) is 4.74 Å². The van der Waals surface area contributed by atoms with E-state index >= 15 is 0 Å². The van der Waals surface area contributed by atoms with Crippen molar-refractivity contribution >= 4 is 0 Å². The molecule has 0 amide bonds. The second kappa shape index (κ2) is 7.45. The van der Waals surface area contributed by atoms with E-state index in [1.54, 1.807) is 29.2 Å². The summed E-state index contributed by atoms with van der Waals surface area (Å²) in [6.45, 7) is 5.71. The van der Waals surface area contributed by atoms with Crippen LogP contribution in [0.4, 0.5) is 0 Å². The predicted octanol–water partition coefficient (Wildman–Crippen LogP) is 1.66.